The fourth-order valence-electron chi connectivity index (χ4n) is 2.66. The van der Waals surface area contributed by atoms with Crippen LogP contribution in [0.2, 0.25) is 5.31 Å². The molecule has 0 saturated heterocycles. The largest absolute Gasteiger partial charge is 0.301 e. The van der Waals surface area contributed by atoms with Gasteiger partial charge in [-0.05, 0) is 40.6 Å². The van der Waals surface area contributed by atoms with Gasteiger partial charge in [0.1, 0.15) is 7.28 Å². The van der Waals surface area contributed by atoms with E-state index >= 15 is 0 Å². The molecule has 0 aromatic carbocycles. The Balaban J connectivity index is 4.66. The summed E-state index contributed by atoms with van der Waals surface area (Å²) in [6.07, 6.45) is 0. The van der Waals surface area contributed by atoms with Crippen LogP contribution in [0.5, 0.6) is 0 Å². The second kappa shape index (κ2) is 4.90. The lowest BCUT2D eigenvalue weighted by Crippen LogP contribution is -2.54. The van der Waals surface area contributed by atoms with Crippen LogP contribution in [0.4, 0.5) is 0 Å². The van der Waals surface area contributed by atoms with Crippen molar-refractivity contribution in [2.75, 3.05) is 0 Å². The van der Waals surface area contributed by atoms with Gasteiger partial charge in [0.15, 0.2) is 0 Å². The van der Waals surface area contributed by atoms with Gasteiger partial charge in [-0.1, -0.05) is 33.0 Å². The third kappa shape index (κ3) is 5.60. The highest BCUT2D eigenvalue weighted by molar-refractivity contribution is 6.41. The van der Waals surface area contributed by atoms with Crippen molar-refractivity contribution in [3.63, 3.8) is 0 Å². The summed E-state index contributed by atoms with van der Waals surface area (Å²) in [5, 5.41) is 0.289. The van der Waals surface area contributed by atoms with Crippen LogP contribution in [0, 0.1) is 0 Å². The van der Waals surface area contributed by atoms with Crippen molar-refractivity contribution in [1.82, 2.24) is 4.90 Å². The summed E-state index contributed by atoms with van der Waals surface area (Å²) >= 11 is 0. The van der Waals surface area contributed by atoms with Crippen LogP contribution in [-0.4, -0.2) is 29.7 Å². The first-order valence-corrected chi connectivity index (χ1v) is 6.09. The van der Waals surface area contributed by atoms with E-state index in [-0.39, 0.29) is 10.9 Å². The van der Waals surface area contributed by atoms with Gasteiger partial charge >= 0.3 is 0 Å². The standard InChI is InChI=1S/C13H29BN/c1-10(2)15(13(7,8)9)11(3)14-12(4,5)6/h10-11H,1-9H3. The predicted molar refractivity (Wildman–Crippen MR) is 71.7 cm³/mol. The Labute approximate surface area is 97.9 Å². The van der Waals surface area contributed by atoms with Gasteiger partial charge in [-0.3, -0.25) is 0 Å². The number of nitrogens with zero attached hydrogens (tertiary/aromatic N) is 1. The first kappa shape index (κ1) is 15.0. The Bertz CT molecular complexity index is 186. The lowest BCUT2D eigenvalue weighted by Gasteiger charge is -2.45. The van der Waals surface area contributed by atoms with E-state index in [1.54, 1.807) is 0 Å². The highest BCUT2D eigenvalue weighted by Gasteiger charge is 2.31. The minimum atomic E-state index is 0.231. The maximum Gasteiger partial charge on any atom is 0.139 e. The molecule has 1 radical (unpaired) electrons. The van der Waals surface area contributed by atoms with Gasteiger partial charge in [0.25, 0.3) is 0 Å². The molecule has 0 aromatic rings. The van der Waals surface area contributed by atoms with Gasteiger partial charge in [0, 0.05) is 11.6 Å². The highest BCUT2D eigenvalue weighted by atomic mass is 15.2. The molecule has 0 spiro atoms. The van der Waals surface area contributed by atoms with Gasteiger partial charge in [-0.25, -0.2) is 0 Å². The lowest BCUT2D eigenvalue weighted by molar-refractivity contribution is 0.0866. The summed E-state index contributed by atoms with van der Waals surface area (Å²) in [4.78, 5) is 2.57. The van der Waals surface area contributed by atoms with Crippen LogP contribution in [0.15, 0.2) is 0 Å². The van der Waals surface area contributed by atoms with Crippen molar-refractivity contribution < 1.29 is 0 Å². The first-order chi connectivity index (χ1) is 6.45. The number of hydrogen-bond acceptors (Lipinski definition) is 1. The van der Waals surface area contributed by atoms with E-state index < -0.39 is 0 Å². The zero-order valence-corrected chi connectivity index (χ0v) is 12.2. The summed E-state index contributed by atoms with van der Waals surface area (Å²) < 4.78 is 0. The van der Waals surface area contributed by atoms with Crippen LogP contribution < -0.4 is 0 Å². The van der Waals surface area contributed by atoms with Crippen LogP contribution in [-0.2, 0) is 0 Å². The molecule has 2 heteroatoms. The fourth-order valence-corrected chi connectivity index (χ4v) is 2.66. The number of rotatable bonds is 3. The third-order valence-electron chi connectivity index (χ3n) is 2.51. The molecule has 0 N–H and O–H groups in total. The Morgan fingerprint density at radius 3 is 1.47 bits per heavy atom. The lowest BCUT2D eigenvalue weighted by atomic mass is 9.50. The van der Waals surface area contributed by atoms with Crippen LogP contribution >= 0.6 is 0 Å². The molecule has 0 heterocycles. The van der Waals surface area contributed by atoms with E-state index in [0.717, 1.165) is 0 Å². The zero-order valence-electron chi connectivity index (χ0n) is 12.2. The average molecular weight is 210 g/mol. The van der Waals surface area contributed by atoms with Gasteiger partial charge in [-0.2, -0.15) is 0 Å². The van der Waals surface area contributed by atoms with Gasteiger partial charge in [0.2, 0.25) is 0 Å². The maximum absolute atomic E-state index is 2.57. The molecule has 1 nitrogen and oxygen atoms in total. The number of hydrogen-bond donors (Lipinski definition) is 0. The molecule has 15 heavy (non-hydrogen) atoms. The first-order valence-electron chi connectivity index (χ1n) is 6.09. The molecular formula is C13H29BN. The minimum Gasteiger partial charge on any atom is -0.301 e. The highest BCUT2D eigenvalue weighted by Crippen LogP contribution is 2.27. The molecule has 0 aliphatic heterocycles. The molecule has 1 unspecified atom stereocenters. The van der Waals surface area contributed by atoms with Crippen molar-refractivity contribution in [1.29, 1.82) is 0 Å². The molecule has 0 rings (SSSR count). The molecular weight excluding hydrogens is 181 g/mol. The maximum atomic E-state index is 2.57. The van der Waals surface area contributed by atoms with Crippen molar-refractivity contribution >= 4 is 7.28 Å². The molecule has 0 fully saturated rings. The van der Waals surface area contributed by atoms with Crippen molar-refractivity contribution in [3.8, 4) is 0 Å². The van der Waals surface area contributed by atoms with E-state index in [4.69, 9.17) is 0 Å². The molecule has 0 aromatic heterocycles. The molecule has 89 valence electrons. The van der Waals surface area contributed by atoms with Crippen molar-refractivity contribution in [3.05, 3.63) is 0 Å². The molecule has 0 amide bonds. The fraction of sp³-hybridized carbons (Fsp3) is 1.00. The minimum absolute atomic E-state index is 0.231. The quantitative estimate of drug-likeness (QED) is 0.641. The smallest absolute Gasteiger partial charge is 0.139 e. The Kier molecular flexibility index (Phi) is 4.91. The Hall–Kier alpha value is 0.0249. The summed E-state index contributed by atoms with van der Waals surface area (Å²) in [5.41, 5.74) is 0.231. The normalized spacial score (nSPS) is 15.9. The topological polar surface area (TPSA) is 3.24 Å². The summed E-state index contributed by atoms with van der Waals surface area (Å²) in [6, 6.07) is 0.582. The van der Waals surface area contributed by atoms with Crippen molar-refractivity contribution in [2.24, 2.45) is 0 Å². The summed E-state index contributed by atoms with van der Waals surface area (Å²) in [7, 11) is 2.44. The van der Waals surface area contributed by atoms with E-state index in [0.29, 0.717) is 12.0 Å². The van der Waals surface area contributed by atoms with E-state index in [1.807, 2.05) is 0 Å². The van der Waals surface area contributed by atoms with Gasteiger partial charge in [0.05, 0.1) is 0 Å². The SMILES string of the molecule is CC(C)N(C(C)[B]C(C)(C)C)C(C)(C)C. The molecule has 0 aliphatic rings. The zero-order chi connectivity index (χ0) is 12.4. The van der Waals surface area contributed by atoms with Crippen LogP contribution in [0.3, 0.4) is 0 Å². The van der Waals surface area contributed by atoms with Crippen molar-refractivity contribution in [2.45, 2.75) is 85.1 Å². The summed E-state index contributed by atoms with van der Waals surface area (Å²) in [5.74, 6) is 0.519. The van der Waals surface area contributed by atoms with Gasteiger partial charge in [-0.15, -0.1) is 0 Å². The second-order valence-corrected chi connectivity index (χ2v) is 6.95. The monoisotopic (exact) mass is 210 g/mol. The molecule has 1 atom stereocenters. The van der Waals surface area contributed by atoms with Gasteiger partial charge < -0.3 is 4.90 Å². The third-order valence-corrected chi connectivity index (χ3v) is 2.51. The van der Waals surface area contributed by atoms with E-state index in [9.17, 15) is 0 Å². The van der Waals surface area contributed by atoms with Crippen LogP contribution in [0.25, 0.3) is 0 Å². The molecule has 0 aliphatic carbocycles. The average Bonchev–Trinajstić information content (AvgIpc) is 1.74. The van der Waals surface area contributed by atoms with Crippen LogP contribution in [0.1, 0.15) is 62.3 Å². The Morgan fingerprint density at radius 1 is 0.867 bits per heavy atom. The predicted octanol–water partition coefficient (Wildman–Crippen LogP) is 3.76. The molecule has 0 bridgehead atoms. The second-order valence-electron chi connectivity index (χ2n) is 6.95. The van der Waals surface area contributed by atoms with E-state index in [1.165, 1.54) is 0 Å². The van der Waals surface area contributed by atoms with E-state index in [2.05, 4.69) is 74.5 Å². The summed E-state index contributed by atoms with van der Waals surface area (Å²) in [6.45, 7) is 20.5. The Morgan fingerprint density at radius 2 is 1.27 bits per heavy atom. The molecule has 0 saturated carbocycles.